The van der Waals surface area contributed by atoms with Crippen molar-refractivity contribution in [2.75, 3.05) is 14.1 Å². The van der Waals surface area contributed by atoms with Crippen LogP contribution in [0.3, 0.4) is 0 Å². The quantitative estimate of drug-likeness (QED) is 0.415. The average molecular weight is 170 g/mol. The summed E-state index contributed by atoms with van der Waals surface area (Å²) in [6.45, 7) is 0. The molecule has 0 saturated carbocycles. The van der Waals surface area contributed by atoms with Gasteiger partial charge in [0.2, 0.25) is 17.7 Å². The van der Waals surface area contributed by atoms with E-state index in [0.717, 1.165) is 4.90 Å². The highest BCUT2D eigenvalue weighted by molar-refractivity contribution is 6.18. The van der Waals surface area contributed by atoms with Gasteiger partial charge in [-0.25, -0.2) is 0 Å². The highest BCUT2D eigenvalue weighted by Gasteiger charge is 2.44. The van der Waals surface area contributed by atoms with E-state index >= 15 is 0 Å². The standard InChI is InChI=1S/C7H10N2O3/c1-8-5(10)3-4-6(11)9(2)7(4)12/h4H,3H2,1-2H3,(H,8,10). The summed E-state index contributed by atoms with van der Waals surface area (Å²) in [4.78, 5) is 33.7. The lowest BCUT2D eigenvalue weighted by Crippen LogP contribution is -2.56. The van der Waals surface area contributed by atoms with Gasteiger partial charge < -0.3 is 5.32 Å². The van der Waals surface area contributed by atoms with Crippen molar-refractivity contribution in [1.29, 1.82) is 0 Å². The van der Waals surface area contributed by atoms with Gasteiger partial charge in [-0.2, -0.15) is 0 Å². The van der Waals surface area contributed by atoms with Gasteiger partial charge in [0.25, 0.3) is 0 Å². The SMILES string of the molecule is CNC(=O)CC1C(=O)N(C)C1=O. The molecule has 0 aromatic heterocycles. The van der Waals surface area contributed by atoms with Crippen LogP contribution in [0, 0.1) is 5.92 Å². The number of imide groups is 1. The monoisotopic (exact) mass is 170 g/mol. The molecule has 5 heteroatoms. The van der Waals surface area contributed by atoms with Crippen molar-refractivity contribution in [3.63, 3.8) is 0 Å². The van der Waals surface area contributed by atoms with Gasteiger partial charge in [0.05, 0.1) is 0 Å². The molecule has 0 spiro atoms. The maximum atomic E-state index is 10.9. The van der Waals surface area contributed by atoms with Crippen molar-refractivity contribution in [3.8, 4) is 0 Å². The van der Waals surface area contributed by atoms with E-state index in [9.17, 15) is 14.4 Å². The summed E-state index contributed by atoms with van der Waals surface area (Å²) in [6, 6.07) is 0. The zero-order chi connectivity index (χ0) is 9.30. The number of carbonyl (C=O) groups is 3. The number of hydrogen-bond acceptors (Lipinski definition) is 3. The highest BCUT2D eigenvalue weighted by atomic mass is 16.2. The third-order valence-corrected chi connectivity index (χ3v) is 1.93. The van der Waals surface area contributed by atoms with E-state index in [1.54, 1.807) is 0 Å². The van der Waals surface area contributed by atoms with E-state index < -0.39 is 5.92 Å². The largest absolute Gasteiger partial charge is 0.359 e. The third kappa shape index (κ3) is 1.17. The molecule has 1 saturated heterocycles. The van der Waals surface area contributed by atoms with Crippen molar-refractivity contribution >= 4 is 17.7 Å². The number of nitrogens with zero attached hydrogens (tertiary/aromatic N) is 1. The van der Waals surface area contributed by atoms with Crippen LogP contribution in [-0.2, 0) is 14.4 Å². The number of nitrogens with one attached hydrogen (secondary N) is 1. The minimum Gasteiger partial charge on any atom is -0.359 e. The normalized spacial score (nSPS) is 17.7. The summed E-state index contributed by atoms with van der Waals surface area (Å²) in [6.07, 6.45) is -0.0293. The van der Waals surface area contributed by atoms with E-state index in [4.69, 9.17) is 0 Å². The van der Waals surface area contributed by atoms with E-state index in [0.29, 0.717) is 0 Å². The van der Waals surface area contributed by atoms with Crippen molar-refractivity contribution in [3.05, 3.63) is 0 Å². The first-order valence-corrected chi connectivity index (χ1v) is 3.60. The number of β-lactam (4-membered cyclic amide) rings is 2. The fourth-order valence-corrected chi connectivity index (χ4v) is 1.08. The molecular formula is C7H10N2O3. The van der Waals surface area contributed by atoms with Crippen LogP contribution in [0.2, 0.25) is 0 Å². The third-order valence-electron chi connectivity index (χ3n) is 1.93. The maximum Gasteiger partial charge on any atom is 0.242 e. The van der Waals surface area contributed by atoms with Gasteiger partial charge in [0, 0.05) is 20.5 Å². The predicted molar refractivity (Wildman–Crippen MR) is 40.0 cm³/mol. The summed E-state index contributed by atoms with van der Waals surface area (Å²) in [5.41, 5.74) is 0. The minimum absolute atomic E-state index is 0.0293. The van der Waals surface area contributed by atoms with Gasteiger partial charge in [0.1, 0.15) is 5.92 Å². The summed E-state index contributed by atoms with van der Waals surface area (Å²) < 4.78 is 0. The second-order valence-electron chi connectivity index (χ2n) is 2.67. The zero-order valence-electron chi connectivity index (χ0n) is 6.96. The van der Waals surface area contributed by atoms with Crippen LogP contribution in [0.1, 0.15) is 6.42 Å². The number of likely N-dealkylation sites (tertiary alicyclic amines) is 1. The molecule has 12 heavy (non-hydrogen) atoms. The first-order valence-electron chi connectivity index (χ1n) is 3.60. The molecule has 0 bridgehead atoms. The Hall–Kier alpha value is -1.39. The van der Waals surface area contributed by atoms with Crippen LogP contribution in [0.4, 0.5) is 0 Å². The predicted octanol–water partition coefficient (Wildman–Crippen LogP) is -1.26. The maximum absolute atomic E-state index is 10.9. The first-order chi connectivity index (χ1) is 5.57. The Bertz CT molecular complexity index is 233. The van der Waals surface area contributed by atoms with Crippen LogP contribution in [-0.4, -0.2) is 36.7 Å². The average Bonchev–Trinajstić information content (AvgIpc) is 2.11. The Morgan fingerprint density at radius 1 is 1.50 bits per heavy atom. The Labute approximate surface area is 69.7 Å². The first kappa shape index (κ1) is 8.70. The molecule has 1 aliphatic rings. The number of amides is 3. The lowest BCUT2D eigenvalue weighted by Gasteiger charge is -2.32. The summed E-state index contributed by atoms with van der Waals surface area (Å²) in [5, 5.41) is 2.36. The van der Waals surface area contributed by atoms with Gasteiger partial charge in [-0.15, -0.1) is 0 Å². The molecule has 1 fully saturated rings. The molecule has 0 aromatic carbocycles. The highest BCUT2D eigenvalue weighted by Crippen LogP contribution is 2.20. The molecule has 1 rings (SSSR count). The molecule has 1 aliphatic heterocycles. The summed E-state index contributed by atoms with van der Waals surface area (Å²) >= 11 is 0. The van der Waals surface area contributed by atoms with Crippen molar-refractivity contribution in [1.82, 2.24) is 10.2 Å². The van der Waals surface area contributed by atoms with Gasteiger partial charge in [-0.05, 0) is 0 Å². The van der Waals surface area contributed by atoms with Crippen LogP contribution < -0.4 is 5.32 Å². The van der Waals surface area contributed by atoms with Gasteiger partial charge in [-0.1, -0.05) is 0 Å². The van der Waals surface area contributed by atoms with E-state index in [-0.39, 0.29) is 24.1 Å². The lowest BCUT2D eigenvalue weighted by molar-refractivity contribution is -0.165. The van der Waals surface area contributed by atoms with Crippen molar-refractivity contribution < 1.29 is 14.4 Å². The molecule has 0 aliphatic carbocycles. The van der Waals surface area contributed by atoms with Gasteiger partial charge in [-0.3, -0.25) is 19.3 Å². The summed E-state index contributed by atoms with van der Waals surface area (Å²) in [7, 11) is 2.88. The van der Waals surface area contributed by atoms with Crippen LogP contribution in [0.15, 0.2) is 0 Å². The number of rotatable bonds is 2. The topological polar surface area (TPSA) is 66.5 Å². The molecular weight excluding hydrogens is 160 g/mol. The fraction of sp³-hybridized carbons (Fsp3) is 0.571. The smallest absolute Gasteiger partial charge is 0.242 e. The molecule has 0 radical (unpaired) electrons. The van der Waals surface area contributed by atoms with E-state index in [2.05, 4.69) is 5.32 Å². The Morgan fingerprint density at radius 2 is 2.00 bits per heavy atom. The Kier molecular flexibility index (Phi) is 2.12. The van der Waals surface area contributed by atoms with Crippen LogP contribution >= 0.6 is 0 Å². The van der Waals surface area contributed by atoms with E-state index in [1.165, 1.54) is 14.1 Å². The van der Waals surface area contributed by atoms with Gasteiger partial charge in [0.15, 0.2) is 0 Å². The summed E-state index contributed by atoms with van der Waals surface area (Å²) in [5.74, 6) is -1.57. The van der Waals surface area contributed by atoms with Crippen LogP contribution in [0.25, 0.3) is 0 Å². The molecule has 0 unspecified atom stereocenters. The fourth-order valence-electron chi connectivity index (χ4n) is 1.08. The Balaban J connectivity index is 2.51. The van der Waals surface area contributed by atoms with Crippen molar-refractivity contribution in [2.45, 2.75) is 6.42 Å². The second kappa shape index (κ2) is 2.92. The molecule has 5 nitrogen and oxygen atoms in total. The molecule has 1 N–H and O–H groups in total. The molecule has 0 aromatic rings. The van der Waals surface area contributed by atoms with Gasteiger partial charge >= 0.3 is 0 Å². The molecule has 3 amide bonds. The molecule has 66 valence electrons. The van der Waals surface area contributed by atoms with Crippen molar-refractivity contribution in [2.24, 2.45) is 5.92 Å². The van der Waals surface area contributed by atoms with Crippen LogP contribution in [0.5, 0.6) is 0 Å². The minimum atomic E-state index is -0.741. The molecule has 0 atom stereocenters. The Morgan fingerprint density at radius 3 is 2.42 bits per heavy atom. The van der Waals surface area contributed by atoms with E-state index in [1.807, 2.05) is 0 Å². The zero-order valence-corrected chi connectivity index (χ0v) is 6.96. The second-order valence-corrected chi connectivity index (χ2v) is 2.67. The lowest BCUT2D eigenvalue weighted by atomic mass is 9.94. The molecule has 1 heterocycles. The number of carbonyl (C=O) groups excluding carboxylic acids is 3. The number of hydrogen-bond donors (Lipinski definition) is 1.